The Morgan fingerprint density at radius 2 is 1.94 bits per heavy atom. The first-order chi connectivity index (χ1) is 15.1. The summed E-state index contributed by atoms with van der Waals surface area (Å²) in [5.74, 6) is -1.00. The highest BCUT2D eigenvalue weighted by Crippen LogP contribution is 2.60. The summed E-state index contributed by atoms with van der Waals surface area (Å²) in [4.78, 5) is 51.8. The molecule has 0 spiro atoms. The van der Waals surface area contributed by atoms with E-state index in [-0.39, 0.29) is 42.0 Å². The minimum Gasteiger partial charge on any atom is -0.462 e. The van der Waals surface area contributed by atoms with E-state index >= 15 is 0 Å². The van der Waals surface area contributed by atoms with Gasteiger partial charge in [0.2, 0.25) is 17.7 Å². The molecule has 174 valence electrons. The second-order valence-electron chi connectivity index (χ2n) is 9.66. The van der Waals surface area contributed by atoms with Crippen molar-refractivity contribution in [1.29, 1.82) is 0 Å². The molecule has 2 unspecified atom stereocenters. The number of nitrogens with zero attached hydrogens (tertiary/aromatic N) is 1. The van der Waals surface area contributed by atoms with Gasteiger partial charge in [-0.2, -0.15) is 0 Å². The molecule has 3 amide bonds. The Bertz CT molecular complexity index is 909. The third-order valence-electron chi connectivity index (χ3n) is 7.41. The number of likely N-dealkylation sites (tertiary alicyclic amines) is 1. The van der Waals surface area contributed by atoms with Crippen LogP contribution in [-0.2, 0) is 19.1 Å². The summed E-state index contributed by atoms with van der Waals surface area (Å²) in [6.45, 7) is 8.63. The van der Waals surface area contributed by atoms with Crippen molar-refractivity contribution in [3.8, 4) is 0 Å². The molecule has 1 heterocycles. The van der Waals surface area contributed by atoms with Crippen molar-refractivity contribution in [3.05, 3.63) is 29.8 Å². The van der Waals surface area contributed by atoms with E-state index in [0.717, 1.165) is 25.7 Å². The van der Waals surface area contributed by atoms with Gasteiger partial charge in [-0.05, 0) is 49.3 Å². The van der Waals surface area contributed by atoms with E-state index in [1.54, 1.807) is 24.3 Å². The number of imide groups is 1. The molecule has 2 aliphatic rings. The number of hydrogen-bond acceptors (Lipinski definition) is 5. The Balaban J connectivity index is 1.52. The zero-order valence-electron chi connectivity index (χ0n) is 19.5. The van der Waals surface area contributed by atoms with E-state index in [9.17, 15) is 19.2 Å². The molecule has 1 aliphatic heterocycles. The Kier molecular flexibility index (Phi) is 7.06. The van der Waals surface area contributed by atoms with Gasteiger partial charge < -0.3 is 10.1 Å². The van der Waals surface area contributed by atoms with E-state index < -0.39 is 11.4 Å². The number of piperidine rings is 1. The van der Waals surface area contributed by atoms with Gasteiger partial charge in [0.25, 0.3) is 0 Å². The van der Waals surface area contributed by atoms with E-state index in [1.165, 1.54) is 4.90 Å². The molecule has 7 heteroatoms. The molecule has 1 aromatic rings. The number of ether oxygens (including phenoxy) is 1. The first-order valence-electron chi connectivity index (χ1n) is 11.5. The lowest BCUT2D eigenvalue weighted by atomic mass is 9.62. The van der Waals surface area contributed by atoms with E-state index in [0.29, 0.717) is 24.3 Å². The minimum absolute atomic E-state index is 0.107. The number of esters is 1. The van der Waals surface area contributed by atoms with Crippen LogP contribution in [0, 0.1) is 16.7 Å². The van der Waals surface area contributed by atoms with Gasteiger partial charge in [-0.3, -0.25) is 19.3 Å². The summed E-state index contributed by atoms with van der Waals surface area (Å²) in [5, 5.41) is 2.78. The molecule has 3 rings (SSSR count). The van der Waals surface area contributed by atoms with Crippen molar-refractivity contribution in [3.63, 3.8) is 0 Å². The van der Waals surface area contributed by atoms with Crippen molar-refractivity contribution in [1.82, 2.24) is 4.90 Å². The summed E-state index contributed by atoms with van der Waals surface area (Å²) in [6, 6.07) is 6.63. The number of amides is 3. The van der Waals surface area contributed by atoms with Crippen LogP contribution in [0.2, 0.25) is 0 Å². The van der Waals surface area contributed by atoms with Crippen LogP contribution >= 0.6 is 0 Å². The van der Waals surface area contributed by atoms with Crippen molar-refractivity contribution in [2.24, 2.45) is 16.7 Å². The van der Waals surface area contributed by atoms with Gasteiger partial charge in [-0.1, -0.05) is 40.2 Å². The molecular weight excluding hydrogens is 408 g/mol. The minimum atomic E-state index is -0.528. The second-order valence-corrected chi connectivity index (χ2v) is 9.66. The topological polar surface area (TPSA) is 92.8 Å². The fourth-order valence-electron chi connectivity index (χ4n) is 4.85. The molecular formula is C25H34N2O5. The number of fused-ring (bicyclic) bond motifs is 2. The van der Waals surface area contributed by atoms with E-state index in [1.807, 2.05) is 27.7 Å². The largest absolute Gasteiger partial charge is 0.462 e. The van der Waals surface area contributed by atoms with Crippen LogP contribution in [0.5, 0.6) is 0 Å². The van der Waals surface area contributed by atoms with Crippen molar-refractivity contribution in [2.75, 3.05) is 18.5 Å². The van der Waals surface area contributed by atoms with Crippen molar-refractivity contribution < 1.29 is 23.9 Å². The van der Waals surface area contributed by atoms with Crippen LogP contribution in [0.25, 0.3) is 0 Å². The molecule has 32 heavy (non-hydrogen) atoms. The zero-order valence-corrected chi connectivity index (χ0v) is 19.5. The Morgan fingerprint density at radius 3 is 2.66 bits per heavy atom. The van der Waals surface area contributed by atoms with Crippen LogP contribution in [0.3, 0.4) is 0 Å². The summed E-state index contributed by atoms with van der Waals surface area (Å²) in [5.41, 5.74) is 0.0321. The molecule has 2 bridgehead atoms. The van der Waals surface area contributed by atoms with Gasteiger partial charge in [0.15, 0.2) is 0 Å². The molecule has 1 aliphatic carbocycles. The lowest BCUT2D eigenvalue weighted by molar-refractivity contribution is -0.168. The molecule has 1 aromatic carbocycles. The zero-order chi connectivity index (χ0) is 23.5. The van der Waals surface area contributed by atoms with Crippen molar-refractivity contribution >= 4 is 29.4 Å². The summed E-state index contributed by atoms with van der Waals surface area (Å²) in [7, 11) is 0. The average Bonchev–Trinajstić information content (AvgIpc) is 2.94. The van der Waals surface area contributed by atoms with Gasteiger partial charge >= 0.3 is 5.97 Å². The highest BCUT2D eigenvalue weighted by atomic mass is 16.5. The summed E-state index contributed by atoms with van der Waals surface area (Å²) < 4.78 is 5.20. The predicted molar refractivity (Wildman–Crippen MR) is 121 cm³/mol. The van der Waals surface area contributed by atoms with Crippen LogP contribution in [-0.4, -0.2) is 41.7 Å². The molecule has 7 nitrogen and oxygen atoms in total. The molecule has 0 aromatic heterocycles. The first-order valence-corrected chi connectivity index (χ1v) is 11.5. The quantitative estimate of drug-likeness (QED) is 0.352. The van der Waals surface area contributed by atoms with Gasteiger partial charge in [-0.25, -0.2) is 4.79 Å². The molecule has 1 N–H and O–H groups in total. The van der Waals surface area contributed by atoms with Gasteiger partial charge in [0.1, 0.15) is 0 Å². The fraction of sp³-hybridized carbons (Fsp3) is 0.600. The number of hydrogen-bond donors (Lipinski definition) is 1. The maximum atomic E-state index is 13.1. The third kappa shape index (κ3) is 4.43. The molecule has 1 saturated carbocycles. The van der Waals surface area contributed by atoms with Gasteiger partial charge in [0.05, 0.1) is 17.6 Å². The van der Waals surface area contributed by atoms with Gasteiger partial charge in [-0.15, -0.1) is 0 Å². The number of unbranched alkanes of at least 4 members (excludes halogenated alkanes) is 1. The Hall–Kier alpha value is -2.70. The van der Waals surface area contributed by atoms with Crippen LogP contribution in [0.15, 0.2) is 24.3 Å². The fourth-order valence-corrected chi connectivity index (χ4v) is 4.85. The first kappa shape index (κ1) is 24.0. The standard InChI is InChI=1S/C25H34N2O5/c1-5-6-15-32-22(30)17-9-7-10-18(16-17)26-20(28)11-8-14-27-21(29)19-12-13-25(4,23(27)31)24(19,2)3/h7,9-10,16,19H,5-6,8,11-15H2,1-4H3,(H,26,28). The average molecular weight is 443 g/mol. The van der Waals surface area contributed by atoms with Gasteiger partial charge in [0, 0.05) is 24.6 Å². The SMILES string of the molecule is CCCCOC(=O)c1cccc(NC(=O)CCCN2C(=O)C3CCC(C)(C2=O)C3(C)C)c1. The third-order valence-corrected chi connectivity index (χ3v) is 7.41. The number of anilines is 1. The molecule has 1 saturated heterocycles. The molecule has 2 atom stereocenters. The highest BCUT2D eigenvalue weighted by Gasteiger charge is 2.64. The van der Waals surface area contributed by atoms with E-state index in [4.69, 9.17) is 4.74 Å². The number of carbonyl (C=O) groups excluding carboxylic acids is 4. The number of rotatable bonds is 9. The summed E-state index contributed by atoms with van der Waals surface area (Å²) in [6.07, 6.45) is 3.78. The second kappa shape index (κ2) is 9.43. The Morgan fingerprint density at radius 1 is 1.19 bits per heavy atom. The smallest absolute Gasteiger partial charge is 0.338 e. The Labute approximate surface area is 189 Å². The lowest BCUT2D eigenvalue weighted by Gasteiger charge is -2.47. The maximum absolute atomic E-state index is 13.1. The van der Waals surface area contributed by atoms with Crippen LogP contribution in [0.1, 0.15) is 76.6 Å². The lowest BCUT2D eigenvalue weighted by Crippen LogP contribution is -2.59. The maximum Gasteiger partial charge on any atom is 0.338 e. The van der Waals surface area contributed by atoms with Crippen molar-refractivity contribution in [2.45, 2.75) is 66.2 Å². The number of nitrogens with one attached hydrogen (secondary N) is 1. The van der Waals surface area contributed by atoms with Crippen LogP contribution in [0.4, 0.5) is 5.69 Å². The highest BCUT2D eigenvalue weighted by molar-refractivity contribution is 6.04. The molecule has 2 fully saturated rings. The van der Waals surface area contributed by atoms with Crippen LogP contribution < -0.4 is 5.32 Å². The predicted octanol–water partition coefficient (Wildman–Crippen LogP) is 4.17. The monoisotopic (exact) mass is 442 g/mol. The summed E-state index contributed by atoms with van der Waals surface area (Å²) >= 11 is 0. The molecule has 0 radical (unpaired) electrons. The number of benzene rings is 1. The number of carbonyl (C=O) groups is 4. The van der Waals surface area contributed by atoms with E-state index in [2.05, 4.69) is 5.32 Å². The normalized spacial score (nSPS) is 23.9.